The van der Waals surface area contributed by atoms with E-state index >= 15 is 0 Å². The normalized spacial score (nSPS) is 21.3. The van der Waals surface area contributed by atoms with Crippen molar-refractivity contribution in [1.82, 2.24) is 10.3 Å². The fourth-order valence-corrected chi connectivity index (χ4v) is 5.31. The average Bonchev–Trinajstić information content (AvgIpc) is 2.88. The van der Waals surface area contributed by atoms with Gasteiger partial charge in [0, 0.05) is 29.4 Å². The molecule has 1 aromatic carbocycles. The summed E-state index contributed by atoms with van der Waals surface area (Å²) in [7, 11) is -1.46. The second-order valence-corrected chi connectivity index (χ2v) is 9.07. The molecule has 0 bridgehead atoms. The lowest BCUT2D eigenvalue weighted by Gasteiger charge is -2.24. The predicted octanol–water partition coefficient (Wildman–Crippen LogP) is 1.99. The number of ether oxygens (including phenoxy) is 1. The summed E-state index contributed by atoms with van der Waals surface area (Å²) >= 11 is 0. The molecule has 1 amide bonds. The summed E-state index contributed by atoms with van der Waals surface area (Å²) < 4.78 is 28.8. The van der Waals surface area contributed by atoms with Gasteiger partial charge in [0.05, 0.1) is 24.2 Å². The minimum Gasteiger partial charge on any atom is -0.496 e. The molecule has 7 heteroatoms. The van der Waals surface area contributed by atoms with E-state index in [1.165, 1.54) is 0 Å². The van der Waals surface area contributed by atoms with Crippen LogP contribution in [0.2, 0.25) is 0 Å². The van der Waals surface area contributed by atoms with Gasteiger partial charge in [-0.25, -0.2) is 8.42 Å². The lowest BCUT2D eigenvalue weighted by molar-refractivity contribution is 0.0915. The molecule has 6 nitrogen and oxygen atoms in total. The number of carbonyl (C=O) groups is 1. The molecule has 138 valence electrons. The second-order valence-electron chi connectivity index (χ2n) is 6.88. The summed E-state index contributed by atoms with van der Waals surface area (Å²) in [6, 6.07) is 11.0. The maximum Gasteiger partial charge on any atom is 0.251 e. The first-order valence-electron chi connectivity index (χ1n) is 8.40. The van der Waals surface area contributed by atoms with Crippen LogP contribution in [0.25, 0.3) is 0 Å². The fraction of sp³-hybridized carbons (Fsp3) is 0.368. The zero-order chi connectivity index (χ0) is 18.8. The number of aromatic nitrogens is 1. The van der Waals surface area contributed by atoms with Crippen molar-refractivity contribution in [2.45, 2.75) is 25.3 Å². The minimum atomic E-state index is -3.08. The summed E-state index contributed by atoms with van der Waals surface area (Å²) in [5.74, 6) is 0.575. The molecular formula is C19H22N2O4S. The summed E-state index contributed by atoms with van der Waals surface area (Å²) in [5, 5.41) is 2.87. The van der Waals surface area contributed by atoms with E-state index in [1.54, 1.807) is 32.4 Å². The van der Waals surface area contributed by atoms with Gasteiger partial charge in [-0.05, 0) is 31.5 Å². The largest absolute Gasteiger partial charge is 0.496 e. The van der Waals surface area contributed by atoms with Gasteiger partial charge < -0.3 is 10.1 Å². The van der Waals surface area contributed by atoms with Crippen LogP contribution in [0, 0.1) is 0 Å². The first-order chi connectivity index (χ1) is 12.3. The van der Waals surface area contributed by atoms with Crippen molar-refractivity contribution in [3.05, 3.63) is 59.4 Å². The third kappa shape index (κ3) is 4.22. The van der Waals surface area contributed by atoms with E-state index < -0.39 is 15.4 Å². The van der Waals surface area contributed by atoms with Crippen molar-refractivity contribution in [2.24, 2.45) is 0 Å². The number of sulfone groups is 1. The molecule has 2 heterocycles. The summed E-state index contributed by atoms with van der Waals surface area (Å²) in [4.78, 5) is 16.9. The highest BCUT2D eigenvalue weighted by molar-refractivity contribution is 7.91. The molecule has 1 aliphatic heterocycles. The number of benzene rings is 1. The number of hydrogen-bond donors (Lipinski definition) is 1. The van der Waals surface area contributed by atoms with Crippen LogP contribution in [0.4, 0.5) is 0 Å². The Labute approximate surface area is 153 Å². The van der Waals surface area contributed by atoms with Crippen molar-refractivity contribution in [3.63, 3.8) is 0 Å². The zero-order valence-electron chi connectivity index (χ0n) is 14.9. The van der Waals surface area contributed by atoms with E-state index in [9.17, 15) is 13.2 Å². The van der Waals surface area contributed by atoms with Gasteiger partial charge in [0.25, 0.3) is 5.91 Å². The quantitative estimate of drug-likeness (QED) is 0.865. The molecule has 1 N–H and O–H groups in total. The number of para-hydroxylation sites is 1. The molecule has 26 heavy (non-hydrogen) atoms. The van der Waals surface area contributed by atoms with Gasteiger partial charge in [-0.2, -0.15) is 0 Å². The van der Waals surface area contributed by atoms with Gasteiger partial charge in [0.15, 0.2) is 9.84 Å². The minimum absolute atomic E-state index is 0.0229. The lowest BCUT2D eigenvalue weighted by Crippen LogP contribution is -2.46. The fourth-order valence-electron chi connectivity index (χ4n) is 3.22. The average molecular weight is 374 g/mol. The van der Waals surface area contributed by atoms with E-state index in [-0.39, 0.29) is 17.4 Å². The highest BCUT2D eigenvalue weighted by atomic mass is 32.2. The number of nitrogens with one attached hydrogen (secondary N) is 1. The molecule has 1 aliphatic rings. The van der Waals surface area contributed by atoms with Crippen molar-refractivity contribution >= 4 is 15.7 Å². The zero-order valence-corrected chi connectivity index (χ0v) is 15.7. The van der Waals surface area contributed by atoms with Gasteiger partial charge in [-0.1, -0.05) is 18.2 Å². The van der Waals surface area contributed by atoms with Crippen molar-refractivity contribution in [3.8, 4) is 5.75 Å². The molecule has 0 saturated carbocycles. The Kier molecular flexibility index (Phi) is 5.00. The van der Waals surface area contributed by atoms with E-state index in [1.807, 2.05) is 24.3 Å². The van der Waals surface area contributed by atoms with Crippen molar-refractivity contribution in [1.29, 1.82) is 0 Å². The number of nitrogens with zero attached hydrogens (tertiary/aromatic N) is 1. The van der Waals surface area contributed by atoms with Gasteiger partial charge >= 0.3 is 0 Å². The third-order valence-corrected chi connectivity index (χ3v) is 6.46. The van der Waals surface area contributed by atoms with Crippen LogP contribution in [0.1, 0.15) is 35.0 Å². The van der Waals surface area contributed by atoms with Gasteiger partial charge in [0.1, 0.15) is 5.75 Å². The lowest BCUT2D eigenvalue weighted by atomic mass is 10.0. The number of pyridine rings is 1. The maximum atomic E-state index is 12.6. The molecule has 1 aromatic heterocycles. The summed E-state index contributed by atoms with van der Waals surface area (Å²) in [6.07, 6.45) is 2.56. The highest BCUT2D eigenvalue weighted by Crippen LogP contribution is 2.24. The topological polar surface area (TPSA) is 85.4 Å². The number of carbonyl (C=O) groups excluding carboxylic acids is 1. The molecule has 1 fully saturated rings. The van der Waals surface area contributed by atoms with Crippen LogP contribution >= 0.6 is 0 Å². The van der Waals surface area contributed by atoms with E-state index in [2.05, 4.69) is 10.3 Å². The van der Waals surface area contributed by atoms with Crippen LogP contribution in [0.3, 0.4) is 0 Å². The molecule has 1 saturated heterocycles. The van der Waals surface area contributed by atoms with Crippen LogP contribution in [0.5, 0.6) is 5.75 Å². The van der Waals surface area contributed by atoms with Gasteiger partial charge in [0.2, 0.25) is 0 Å². The molecule has 0 spiro atoms. The smallest absolute Gasteiger partial charge is 0.251 e. The molecule has 0 aliphatic carbocycles. The number of methoxy groups -OCH3 is 1. The standard InChI is InChI=1S/C19H22N2O4S/c1-19(8-10-26(23,24)13-19)21-18(22)15-7-9-20-16(12-15)11-14-5-3-4-6-17(14)25-2/h3-7,9,12H,8,10-11,13H2,1-2H3,(H,21,22)/t19-/m1/s1. The maximum absolute atomic E-state index is 12.6. The van der Waals surface area contributed by atoms with Gasteiger partial charge in [-0.15, -0.1) is 0 Å². The van der Waals surface area contributed by atoms with Crippen molar-refractivity contribution in [2.75, 3.05) is 18.6 Å². The van der Waals surface area contributed by atoms with E-state index in [4.69, 9.17) is 4.74 Å². The Morgan fingerprint density at radius 1 is 1.31 bits per heavy atom. The highest BCUT2D eigenvalue weighted by Gasteiger charge is 2.39. The van der Waals surface area contributed by atoms with Crippen LogP contribution in [-0.2, 0) is 16.3 Å². The van der Waals surface area contributed by atoms with Gasteiger partial charge in [-0.3, -0.25) is 9.78 Å². The third-order valence-electron chi connectivity index (χ3n) is 4.56. The van der Waals surface area contributed by atoms with E-state index in [0.29, 0.717) is 18.4 Å². The number of rotatable bonds is 5. The van der Waals surface area contributed by atoms with Crippen LogP contribution in [0.15, 0.2) is 42.6 Å². The Balaban J connectivity index is 1.76. The Hall–Kier alpha value is -2.41. The molecule has 2 aromatic rings. The molecular weight excluding hydrogens is 352 g/mol. The van der Waals surface area contributed by atoms with Crippen molar-refractivity contribution < 1.29 is 17.9 Å². The Bertz CT molecular complexity index is 927. The first-order valence-corrected chi connectivity index (χ1v) is 10.2. The molecule has 1 atom stereocenters. The number of hydrogen-bond acceptors (Lipinski definition) is 5. The van der Waals surface area contributed by atoms with Crippen LogP contribution in [-0.4, -0.2) is 43.5 Å². The molecule has 3 rings (SSSR count). The molecule has 0 unspecified atom stereocenters. The SMILES string of the molecule is COc1ccccc1Cc1cc(C(=O)N[C@]2(C)CCS(=O)(=O)C2)ccn1. The van der Waals surface area contributed by atoms with E-state index in [0.717, 1.165) is 17.0 Å². The summed E-state index contributed by atoms with van der Waals surface area (Å²) in [5.41, 5.74) is 1.47. The first kappa shape index (κ1) is 18.4. The Morgan fingerprint density at radius 2 is 2.08 bits per heavy atom. The second kappa shape index (κ2) is 7.07. The Morgan fingerprint density at radius 3 is 2.77 bits per heavy atom. The number of amides is 1. The monoisotopic (exact) mass is 374 g/mol. The predicted molar refractivity (Wildman–Crippen MR) is 99.2 cm³/mol. The summed E-state index contributed by atoms with van der Waals surface area (Å²) in [6.45, 7) is 1.77. The molecule has 0 radical (unpaired) electrons. The van der Waals surface area contributed by atoms with Crippen LogP contribution < -0.4 is 10.1 Å².